The second kappa shape index (κ2) is 9.75. The fraction of sp³-hybridized carbons (Fsp3) is 0.182. The highest BCUT2D eigenvalue weighted by molar-refractivity contribution is 9.10. The Morgan fingerprint density at radius 1 is 0.775 bits per heavy atom. The molecule has 4 aromatic carbocycles. The number of hydrogen-bond acceptors (Lipinski definition) is 5. The number of benzene rings is 4. The topological polar surface area (TPSA) is 68.2 Å². The first-order valence-electron chi connectivity index (χ1n) is 13.2. The molecule has 0 spiro atoms. The molecule has 2 amide bonds. The van der Waals surface area contributed by atoms with E-state index in [1.165, 1.54) is 6.21 Å². The van der Waals surface area contributed by atoms with Crippen molar-refractivity contribution in [3.8, 4) is 11.5 Å². The number of imide groups is 1. The standard InChI is InChI=1S/C33H25BrN2O4/c1-39-27-16-20(12-15-26(27)40-18-19-10-13-21(34)14-11-19)17-35-36-32(37)30-28-22-6-2-3-7-23(22)29(31(30)33(36)38)25-9-5-4-8-24(25)28/h2-17,28-31H,18H2,1H3/b35-17-/t28?,29?,30-,31-/m0/s1. The van der Waals surface area contributed by atoms with Gasteiger partial charge in [0.15, 0.2) is 11.5 Å². The van der Waals surface area contributed by atoms with E-state index in [1.54, 1.807) is 19.2 Å². The number of carbonyl (C=O) groups is 2. The second-order valence-corrected chi connectivity index (χ2v) is 11.2. The van der Waals surface area contributed by atoms with Crippen molar-refractivity contribution in [2.75, 3.05) is 7.11 Å². The Morgan fingerprint density at radius 3 is 1.85 bits per heavy atom. The van der Waals surface area contributed by atoms with E-state index in [0.717, 1.165) is 37.3 Å². The summed E-state index contributed by atoms with van der Waals surface area (Å²) in [7, 11) is 1.58. The van der Waals surface area contributed by atoms with Crippen LogP contribution in [-0.2, 0) is 16.2 Å². The quantitative estimate of drug-likeness (QED) is 0.196. The van der Waals surface area contributed by atoms with Crippen LogP contribution in [0.4, 0.5) is 0 Å². The maximum atomic E-state index is 13.7. The highest BCUT2D eigenvalue weighted by atomic mass is 79.9. The van der Waals surface area contributed by atoms with Crippen molar-refractivity contribution < 1.29 is 19.1 Å². The van der Waals surface area contributed by atoms with Crippen LogP contribution in [-0.4, -0.2) is 30.1 Å². The number of hydrogen-bond donors (Lipinski definition) is 0. The smallest absolute Gasteiger partial charge is 0.254 e. The minimum Gasteiger partial charge on any atom is -0.493 e. The zero-order valence-electron chi connectivity index (χ0n) is 21.7. The number of carbonyl (C=O) groups excluding carboxylic acids is 2. The first-order chi connectivity index (χ1) is 19.5. The van der Waals surface area contributed by atoms with Crippen LogP contribution in [0.3, 0.4) is 0 Å². The molecule has 40 heavy (non-hydrogen) atoms. The summed E-state index contributed by atoms with van der Waals surface area (Å²) in [5, 5.41) is 5.50. The lowest BCUT2D eigenvalue weighted by atomic mass is 9.55. The molecule has 0 aromatic heterocycles. The largest absolute Gasteiger partial charge is 0.493 e. The molecule has 2 atom stereocenters. The third kappa shape index (κ3) is 3.87. The number of amides is 2. The monoisotopic (exact) mass is 592 g/mol. The molecule has 1 fully saturated rings. The predicted octanol–water partition coefficient (Wildman–Crippen LogP) is 6.26. The fourth-order valence-electron chi connectivity index (χ4n) is 6.53. The maximum absolute atomic E-state index is 13.7. The van der Waals surface area contributed by atoms with E-state index < -0.39 is 11.8 Å². The Kier molecular flexibility index (Phi) is 6.04. The predicted molar refractivity (Wildman–Crippen MR) is 154 cm³/mol. The Labute approximate surface area is 240 Å². The van der Waals surface area contributed by atoms with Crippen LogP contribution in [0, 0.1) is 11.8 Å². The van der Waals surface area contributed by atoms with Gasteiger partial charge in [-0.1, -0.05) is 76.6 Å². The normalized spacial score (nSPS) is 22.3. The van der Waals surface area contributed by atoms with Gasteiger partial charge in [-0.15, -0.1) is 0 Å². The van der Waals surface area contributed by atoms with Crippen LogP contribution in [0.2, 0.25) is 0 Å². The minimum atomic E-state index is -0.455. The molecule has 6 nitrogen and oxygen atoms in total. The minimum absolute atomic E-state index is 0.152. The van der Waals surface area contributed by atoms with Gasteiger partial charge in [0.2, 0.25) is 0 Å². The van der Waals surface area contributed by atoms with Gasteiger partial charge < -0.3 is 9.47 Å². The molecule has 8 rings (SSSR count). The molecule has 198 valence electrons. The molecule has 3 aliphatic carbocycles. The van der Waals surface area contributed by atoms with Gasteiger partial charge in [0.1, 0.15) is 6.61 Å². The van der Waals surface area contributed by atoms with E-state index in [1.807, 2.05) is 54.6 Å². The van der Waals surface area contributed by atoms with E-state index in [4.69, 9.17) is 9.47 Å². The Hall–Kier alpha value is -4.23. The van der Waals surface area contributed by atoms with Crippen LogP contribution in [0.25, 0.3) is 0 Å². The van der Waals surface area contributed by atoms with Crippen molar-refractivity contribution in [2.45, 2.75) is 18.4 Å². The van der Waals surface area contributed by atoms with Crippen LogP contribution in [0.5, 0.6) is 11.5 Å². The third-order valence-corrected chi connectivity index (χ3v) is 8.77. The van der Waals surface area contributed by atoms with Crippen molar-refractivity contribution in [2.24, 2.45) is 16.9 Å². The molecule has 1 saturated heterocycles. The summed E-state index contributed by atoms with van der Waals surface area (Å²) in [6, 6.07) is 29.7. The van der Waals surface area contributed by atoms with Crippen molar-refractivity contribution in [1.82, 2.24) is 5.01 Å². The van der Waals surface area contributed by atoms with Gasteiger partial charge in [-0.05, 0) is 63.7 Å². The number of nitrogens with zero attached hydrogens (tertiary/aromatic N) is 2. The molecule has 4 aromatic rings. The fourth-order valence-corrected chi connectivity index (χ4v) is 6.79. The molecule has 4 aliphatic rings. The van der Waals surface area contributed by atoms with Crippen LogP contribution < -0.4 is 9.47 Å². The maximum Gasteiger partial charge on any atom is 0.254 e. The van der Waals surface area contributed by atoms with Gasteiger partial charge in [-0.2, -0.15) is 10.1 Å². The molecule has 1 aliphatic heterocycles. The molecule has 7 heteroatoms. The zero-order valence-corrected chi connectivity index (χ0v) is 23.2. The Bertz CT molecular complexity index is 1570. The summed E-state index contributed by atoms with van der Waals surface area (Å²) in [4.78, 5) is 27.5. The number of hydrazone groups is 1. The summed E-state index contributed by atoms with van der Waals surface area (Å²) in [6.07, 6.45) is 1.54. The first-order valence-corrected chi connectivity index (χ1v) is 14.0. The highest BCUT2D eigenvalue weighted by Gasteiger charge is 2.61. The van der Waals surface area contributed by atoms with Gasteiger partial charge in [0.05, 0.1) is 25.2 Å². The van der Waals surface area contributed by atoms with Crippen molar-refractivity contribution in [3.63, 3.8) is 0 Å². The SMILES string of the molecule is COc1cc(/C=N\N2C(=O)[C@H]3C4c5ccccc5C(c5ccccc54)[C@@H]3C2=O)ccc1OCc1ccc(Br)cc1. The molecule has 0 radical (unpaired) electrons. The molecule has 0 unspecified atom stereocenters. The highest BCUT2D eigenvalue weighted by Crippen LogP contribution is 2.60. The van der Waals surface area contributed by atoms with Crippen molar-refractivity contribution in [1.29, 1.82) is 0 Å². The molecular formula is C33H25BrN2O4. The number of halogens is 1. The van der Waals surface area contributed by atoms with Crippen LogP contribution in [0.15, 0.2) is 101 Å². The molecule has 2 bridgehead atoms. The van der Waals surface area contributed by atoms with E-state index in [2.05, 4.69) is 45.3 Å². The lowest BCUT2D eigenvalue weighted by Gasteiger charge is -2.45. The molecule has 1 heterocycles. The van der Waals surface area contributed by atoms with Crippen molar-refractivity contribution >= 4 is 34.0 Å². The van der Waals surface area contributed by atoms with Gasteiger partial charge in [0, 0.05) is 16.3 Å². The lowest BCUT2D eigenvalue weighted by Crippen LogP contribution is -2.41. The van der Waals surface area contributed by atoms with Crippen molar-refractivity contribution in [3.05, 3.63) is 129 Å². The van der Waals surface area contributed by atoms with E-state index in [0.29, 0.717) is 23.7 Å². The van der Waals surface area contributed by atoms with Gasteiger partial charge >= 0.3 is 0 Å². The first kappa shape index (κ1) is 24.8. The Morgan fingerprint density at radius 2 is 1.32 bits per heavy atom. The Balaban J connectivity index is 1.15. The zero-order chi connectivity index (χ0) is 27.4. The van der Waals surface area contributed by atoms with Gasteiger partial charge in [-0.25, -0.2) is 0 Å². The summed E-state index contributed by atoms with van der Waals surface area (Å²) >= 11 is 3.44. The number of ether oxygens (including phenoxy) is 2. The van der Waals surface area contributed by atoms with Crippen LogP contribution >= 0.6 is 15.9 Å². The molecule has 0 N–H and O–H groups in total. The average Bonchev–Trinajstić information content (AvgIpc) is 3.25. The summed E-state index contributed by atoms with van der Waals surface area (Å²) in [5.41, 5.74) is 6.29. The third-order valence-electron chi connectivity index (χ3n) is 8.24. The summed E-state index contributed by atoms with van der Waals surface area (Å²) in [5.74, 6) is -0.570. The van der Waals surface area contributed by atoms with E-state index in [-0.39, 0.29) is 23.7 Å². The van der Waals surface area contributed by atoms with Crippen LogP contribution in [0.1, 0.15) is 45.2 Å². The molecular weight excluding hydrogens is 568 g/mol. The van der Waals surface area contributed by atoms with E-state index >= 15 is 0 Å². The number of rotatable bonds is 6. The summed E-state index contributed by atoms with van der Waals surface area (Å²) < 4.78 is 12.5. The lowest BCUT2D eigenvalue weighted by molar-refractivity contribution is -0.139. The molecule has 0 saturated carbocycles. The summed E-state index contributed by atoms with van der Waals surface area (Å²) in [6.45, 7) is 0.393. The second-order valence-electron chi connectivity index (χ2n) is 10.3. The van der Waals surface area contributed by atoms with Gasteiger partial charge in [0.25, 0.3) is 11.8 Å². The van der Waals surface area contributed by atoms with Gasteiger partial charge in [-0.3, -0.25) is 9.59 Å². The van der Waals surface area contributed by atoms with E-state index in [9.17, 15) is 9.59 Å². The number of methoxy groups -OCH3 is 1. The average molecular weight is 593 g/mol.